The van der Waals surface area contributed by atoms with E-state index in [1.807, 2.05) is 0 Å². The van der Waals surface area contributed by atoms with E-state index < -0.39 is 33.1 Å². The Morgan fingerprint density at radius 3 is 1.95 bits per heavy atom. The quantitative estimate of drug-likeness (QED) is 0.509. The van der Waals surface area contributed by atoms with Crippen molar-refractivity contribution in [1.29, 1.82) is 0 Å². The summed E-state index contributed by atoms with van der Waals surface area (Å²) in [6.07, 6.45) is 5.97. The Balaban J connectivity index is 0.00000132. The van der Waals surface area contributed by atoms with Crippen LogP contribution in [0.2, 0.25) is 0 Å². The van der Waals surface area contributed by atoms with Gasteiger partial charge in [0.1, 0.15) is 0 Å². The number of carbonyl (C=O) groups excluding carboxylic acids is 1. The SMILES string of the molecule is CS(=O)(=O)C(F)(F)COC(=O)C12CC3CC(CC(C3)C1)C2.[H-].[Na+]. The van der Waals surface area contributed by atoms with Crippen LogP contribution in [0.25, 0.3) is 0 Å². The summed E-state index contributed by atoms with van der Waals surface area (Å²) in [5.74, 6) is 0.877. The Morgan fingerprint density at radius 2 is 1.59 bits per heavy atom. The predicted octanol–water partition coefficient (Wildman–Crippen LogP) is -0.500. The van der Waals surface area contributed by atoms with Gasteiger partial charge in [0.15, 0.2) is 6.61 Å². The molecule has 0 aromatic carbocycles. The molecule has 0 unspecified atom stereocenters. The van der Waals surface area contributed by atoms with Crippen LogP contribution in [0.15, 0.2) is 0 Å². The van der Waals surface area contributed by atoms with Crippen LogP contribution < -0.4 is 29.6 Å². The summed E-state index contributed by atoms with van der Waals surface area (Å²) in [7, 11) is -4.56. The summed E-state index contributed by atoms with van der Waals surface area (Å²) in [6, 6.07) is 0. The molecule has 0 aliphatic heterocycles. The molecule has 0 atom stereocenters. The van der Waals surface area contributed by atoms with Crippen molar-refractivity contribution in [2.24, 2.45) is 23.2 Å². The molecule has 122 valence electrons. The monoisotopic (exact) mass is 346 g/mol. The van der Waals surface area contributed by atoms with Crippen molar-refractivity contribution < 1.29 is 57.7 Å². The molecule has 0 amide bonds. The van der Waals surface area contributed by atoms with E-state index in [9.17, 15) is 22.0 Å². The first kappa shape index (κ1) is 18.6. The van der Waals surface area contributed by atoms with Gasteiger partial charge in [-0.1, -0.05) is 0 Å². The van der Waals surface area contributed by atoms with Crippen LogP contribution in [-0.2, 0) is 19.4 Å². The van der Waals surface area contributed by atoms with Crippen LogP contribution in [0.4, 0.5) is 8.78 Å². The summed E-state index contributed by atoms with van der Waals surface area (Å²) in [5, 5.41) is -4.01. The Kier molecular flexibility index (Phi) is 5.05. The molecule has 0 N–H and O–H groups in total. The maximum absolute atomic E-state index is 13.4. The Bertz CT molecular complexity index is 532. The number of ether oxygens (including phenoxy) is 1. The van der Waals surface area contributed by atoms with Crippen molar-refractivity contribution >= 4 is 15.8 Å². The molecular weight excluding hydrogens is 325 g/mol. The number of hydrogen-bond acceptors (Lipinski definition) is 4. The number of carbonyl (C=O) groups is 1. The number of esters is 1. The molecule has 0 aromatic heterocycles. The molecule has 0 heterocycles. The van der Waals surface area contributed by atoms with E-state index in [2.05, 4.69) is 0 Å². The second-order valence-corrected chi connectivity index (χ2v) is 9.33. The van der Waals surface area contributed by atoms with Crippen LogP contribution in [0.1, 0.15) is 40.0 Å². The molecule has 22 heavy (non-hydrogen) atoms. The topological polar surface area (TPSA) is 60.4 Å². The molecule has 4 bridgehead atoms. The van der Waals surface area contributed by atoms with Gasteiger partial charge in [0, 0.05) is 6.26 Å². The molecule has 8 heteroatoms. The summed E-state index contributed by atoms with van der Waals surface area (Å²) < 4.78 is 53.5. The summed E-state index contributed by atoms with van der Waals surface area (Å²) in [6.45, 7) is -1.37. The molecule has 4 fully saturated rings. The molecule has 4 aliphatic carbocycles. The maximum Gasteiger partial charge on any atom is 1.00 e. The zero-order valence-electron chi connectivity index (χ0n) is 14.0. The standard InChI is InChI=1S/C14H20F2O4S.Na.H/c1-21(18,19)14(15,16)8-20-12(17)13-5-9-2-10(6-13)4-11(3-9)7-13;;/h9-11H,2-8H2,1H3;;/q;+1;-1. The van der Waals surface area contributed by atoms with Gasteiger partial charge in [-0.2, -0.15) is 8.78 Å². The summed E-state index contributed by atoms with van der Waals surface area (Å²) >= 11 is 0. The molecule has 0 saturated heterocycles. The van der Waals surface area contributed by atoms with E-state index in [0.717, 1.165) is 19.3 Å². The number of halogens is 2. The van der Waals surface area contributed by atoms with E-state index in [4.69, 9.17) is 4.74 Å². The average molecular weight is 346 g/mol. The third kappa shape index (κ3) is 3.23. The number of alkyl halides is 2. The van der Waals surface area contributed by atoms with Crippen molar-refractivity contribution in [1.82, 2.24) is 0 Å². The third-order valence-corrected chi connectivity index (χ3v) is 6.59. The fourth-order valence-corrected chi connectivity index (χ4v) is 5.04. The minimum Gasteiger partial charge on any atom is -1.00 e. The van der Waals surface area contributed by atoms with Crippen molar-refractivity contribution in [3.8, 4) is 0 Å². The van der Waals surface area contributed by atoms with Gasteiger partial charge in [-0.15, -0.1) is 0 Å². The van der Waals surface area contributed by atoms with Gasteiger partial charge < -0.3 is 6.16 Å². The molecule has 0 spiro atoms. The minimum atomic E-state index is -4.56. The number of hydrogen-bond donors (Lipinski definition) is 0. The number of rotatable bonds is 4. The van der Waals surface area contributed by atoms with Gasteiger partial charge in [0.25, 0.3) is 0 Å². The van der Waals surface area contributed by atoms with Crippen LogP contribution in [-0.4, -0.2) is 32.5 Å². The normalized spacial score (nSPS) is 36.8. The van der Waals surface area contributed by atoms with Crippen LogP contribution in [0, 0.1) is 23.2 Å². The largest absolute Gasteiger partial charge is 1.00 e. The van der Waals surface area contributed by atoms with E-state index >= 15 is 0 Å². The van der Waals surface area contributed by atoms with Gasteiger partial charge in [-0.05, 0) is 56.3 Å². The molecule has 4 rings (SSSR count). The van der Waals surface area contributed by atoms with Gasteiger partial charge in [0.05, 0.1) is 5.41 Å². The zero-order valence-corrected chi connectivity index (χ0v) is 15.8. The summed E-state index contributed by atoms with van der Waals surface area (Å²) in [4.78, 5) is 12.3. The van der Waals surface area contributed by atoms with Gasteiger partial charge >= 0.3 is 40.8 Å². The maximum atomic E-state index is 13.4. The molecule has 4 nitrogen and oxygen atoms in total. The zero-order chi connectivity index (χ0) is 15.5. The second-order valence-electron chi connectivity index (χ2n) is 7.18. The van der Waals surface area contributed by atoms with Crippen molar-refractivity contribution in [2.45, 2.75) is 43.8 Å². The molecule has 0 radical (unpaired) electrons. The Labute approximate surface area is 153 Å². The van der Waals surface area contributed by atoms with Gasteiger partial charge in [-0.25, -0.2) is 8.42 Å². The van der Waals surface area contributed by atoms with Crippen molar-refractivity contribution in [3.63, 3.8) is 0 Å². The Hall–Kier alpha value is 0.280. The first-order valence-corrected chi connectivity index (χ1v) is 9.25. The van der Waals surface area contributed by atoms with E-state index in [0.29, 0.717) is 43.3 Å². The predicted molar refractivity (Wildman–Crippen MR) is 72.5 cm³/mol. The van der Waals surface area contributed by atoms with E-state index in [-0.39, 0.29) is 31.0 Å². The van der Waals surface area contributed by atoms with E-state index in [1.54, 1.807) is 0 Å². The van der Waals surface area contributed by atoms with Gasteiger partial charge in [-0.3, -0.25) is 4.79 Å². The molecule has 4 aliphatic rings. The fourth-order valence-electron chi connectivity index (χ4n) is 4.77. The van der Waals surface area contributed by atoms with Crippen LogP contribution >= 0.6 is 0 Å². The average Bonchev–Trinajstić information content (AvgIpc) is 2.32. The molecule has 4 saturated carbocycles. The minimum absolute atomic E-state index is 0. The smallest absolute Gasteiger partial charge is 1.00 e. The van der Waals surface area contributed by atoms with Crippen LogP contribution in [0.5, 0.6) is 0 Å². The van der Waals surface area contributed by atoms with Crippen LogP contribution in [0.3, 0.4) is 0 Å². The Morgan fingerprint density at radius 1 is 1.18 bits per heavy atom. The molecular formula is C14H21F2NaO4S. The fraction of sp³-hybridized carbons (Fsp3) is 0.929. The second kappa shape index (κ2) is 5.97. The first-order chi connectivity index (χ1) is 9.61. The number of sulfone groups is 1. The van der Waals surface area contributed by atoms with Gasteiger partial charge in [0.2, 0.25) is 9.84 Å². The molecule has 0 aromatic rings. The van der Waals surface area contributed by atoms with E-state index in [1.165, 1.54) is 0 Å². The third-order valence-electron chi connectivity index (χ3n) is 5.39. The first-order valence-electron chi connectivity index (χ1n) is 7.36. The summed E-state index contributed by atoms with van der Waals surface area (Å²) in [5.41, 5.74) is -0.637. The van der Waals surface area contributed by atoms with Crippen molar-refractivity contribution in [3.05, 3.63) is 0 Å². The van der Waals surface area contributed by atoms with Crippen molar-refractivity contribution in [2.75, 3.05) is 12.9 Å².